The lowest BCUT2D eigenvalue weighted by atomic mass is 10.2. The van der Waals surface area contributed by atoms with Gasteiger partial charge in [-0.3, -0.25) is 10.1 Å². The van der Waals surface area contributed by atoms with Crippen molar-refractivity contribution < 1.29 is 4.92 Å². The molecule has 1 aromatic carbocycles. The predicted molar refractivity (Wildman–Crippen MR) is 55.1 cm³/mol. The van der Waals surface area contributed by atoms with Crippen LogP contribution >= 0.6 is 0 Å². The highest BCUT2D eigenvalue weighted by Gasteiger charge is 2.10. The van der Waals surface area contributed by atoms with Gasteiger partial charge in [-0.05, 0) is 6.07 Å². The molecule has 1 aromatic rings. The molecule has 0 amide bonds. The van der Waals surface area contributed by atoms with Crippen molar-refractivity contribution in [2.24, 2.45) is 0 Å². The molecule has 0 saturated heterocycles. The van der Waals surface area contributed by atoms with Crippen LogP contribution in [0, 0.1) is 21.4 Å². The lowest BCUT2D eigenvalue weighted by Crippen LogP contribution is -2.20. The van der Waals surface area contributed by atoms with Crippen molar-refractivity contribution in [1.82, 2.24) is 5.01 Å². The summed E-state index contributed by atoms with van der Waals surface area (Å²) in [5, 5.41) is 20.9. The topological polar surface area (TPSA) is 82.2 Å². The summed E-state index contributed by atoms with van der Waals surface area (Å²) in [5.74, 6) is 0. The van der Waals surface area contributed by atoms with Gasteiger partial charge in [-0.2, -0.15) is 5.26 Å². The lowest BCUT2D eigenvalue weighted by Gasteiger charge is -2.14. The maximum Gasteiger partial charge on any atom is 0.270 e. The number of non-ortho nitro benzene ring substituents is 1. The molecule has 0 heterocycles. The number of nitro groups is 1. The molecule has 0 saturated carbocycles. The molecule has 0 aliphatic rings. The maximum absolute atomic E-state index is 10.5. The molecule has 6 nitrogen and oxygen atoms in total. The van der Waals surface area contributed by atoms with Crippen molar-refractivity contribution >= 4 is 11.4 Å². The van der Waals surface area contributed by atoms with Crippen LogP contribution in [0.15, 0.2) is 18.2 Å². The number of nitro benzene ring substituents is 1. The summed E-state index contributed by atoms with van der Waals surface area (Å²) in [6.07, 6.45) is 0. The molecule has 0 aromatic heterocycles. The van der Waals surface area contributed by atoms with E-state index >= 15 is 0 Å². The second kappa shape index (κ2) is 4.39. The van der Waals surface area contributed by atoms with E-state index in [2.05, 4.69) is 5.43 Å². The van der Waals surface area contributed by atoms with Crippen LogP contribution in [0.4, 0.5) is 11.4 Å². The molecule has 15 heavy (non-hydrogen) atoms. The van der Waals surface area contributed by atoms with Gasteiger partial charge in [0.25, 0.3) is 5.69 Å². The Morgan fingerprint density at radius 2 is 2.20 bits per heavy atom. The zero-order valence-electron chi connectivity index (χ0n) is 8.39. The minimum atomic E-state index is -0.527. The summed E-state index contributed by atoms with van der Waals surface area (Å²) < 4.78 is 0. The fourth-order valence-corrected chi connectivity index (χ4v) is 1.08. The van der Waals surface area contributed by atoms with E-state index in [4.69, 9.17) is 5.26 Å². The Morgan fingerprint density at radius 1 is 1.53 bits per heavy atom. The normalized spacial score (nSPS) is 9.73. The van der Waals surface area contributed by atoms with Crippen molar-refractivity contribution in [1.29, 1.82) is 5.26 Å². The second-order valence-electron chi connectivity index (χ2n) is 3.11. The van der Waals surface area contributed by atoms with Crippen molar-refractivity contribution in [2.45, 2.75) is 0 Å². The zero-order valence-corrected chi connectivity index (χ0v) is 8.39. The standard InChI is InChI=1S/C9H10N4O2/c1-12(2)11-9-4-3-8(13(14)15)5-7(9)6-10/h3-5,11H,1-2H3. The molecule has 0 aliphatic carbocycles. The van der Waals surface area contributed by atoms with Crippen molar-refractivity contribution in [3.8, 4) is 6.07 Å². The lowest BCUT2D eigenvalue weighted by molar-refractivity contribution is -0.384. The molecule has 6 heteroatoms. The highest BCUT2D eigenvalue weighted by Crippen LogP contribution is 2.21. The van der Waals surface area contributed by atoms with Crippen LogP contribution < -0.4 is 5.43 Å². The van der Waals surface area contributed by atoms with Gasteiger partial charge in [0.1, 0.15) is 6.07 Å². The van der Waals surface area contributed by atoms with Gasteiger partial charge in [-0.1, -0.05) is 0 Å². The Morgan fingerprint density at radius 3 is 2.67 bits per heavy atom. The maximum atomic E-state index is 10.5. The largest absolute Gasteiger partial charge is 0.318 e. The first kappa shape index (κ1) is 10.9. The van der Waals surface area contributed by atoms with Crippen LogP contribution in [0.1, 0.15) is 5.56 Å². The molecule has 1 N–H and O–H groups in total. The zero-order chi connectivity index (χ0) is 11.4. The van der Waals surface area contributed by atoms with E-state index in [1.807, 2.05) is 6.07 Å². The molecule has 0 bridgehead atoms. The second-order valence-corrected chi connectivity index (χ2v) is 3.11. The number of benzene rings is 1. The SMILES string of the molecule is CN(C)Nc1ccc([N+](=O)[O-])cc1C#N. The highest BCUT2D eigenvalue weighted by molar-refractivity contribution is 5.60. The number of hydrogen-bond donors (Lipinski definition) is 1. The van der Waals surface area contributed by atoms with E-state index in [1.165, 1.54) is 18.2 Å². The first-order valence-corrected chi connectivity index (χ1v) is 4.17. The van der Waals surface area contributed by atoms with E-state index < -0.39 is 4.92 Å². The average Bonchev–Trinajstić information content (AvgIpc) is 2.17. The number of nitrogens with one attached hydrogen (secondary N) is 1. The van der Waals surface area contributed by atoms with Crippen LogP contribution in [0.3, 0.4) is 0 Å². The van der Waals surface area contributed by atoms with Crippen LogP contribution in [0.2, 0.25) is 0 Å². The molecule has 0 fully saturated rings. The summed E-state index contributed by atoms with van der Waals surface area (Å²) in [5.41, 5.74) is 3.59. The molecule has 0 radical (unpaired) electrons. The predicted octanol–water partition coefficient (Wildman–Crippen LogP) is 1.35. The first-order valence-electron chi connectivity index (χ1n) is 4.17. The Bertz CT molecular complexity index is 423. The van der Waals surface area contributed by atoms with Crippen LogP contribution in [0.5, 0.6) is 0 Å². The van der Waals surface area contributed by atoms with Crippen LogP contribution in [-0.4, -0.2) is 24.0 Å². The summed E-state index contributed by atoms with van der Waals surface area (Å²) in [6.45, 7) is 0. The Hall–Kier alpha value is -2.13. The van der Waals surface area contributed by atoms with Gasteiger partial charge in [-0.25, -0.2) is 5.01 Å². The average molecular weight is 206 g/mol. The third-order valence-corrected chi connectivity index (χ3v) is 1.68. The molecule has 0 aliphatic heterocycles. The van der Waals surface area contributed by atoms with E-state index in [0.29, 0.717) is 5.69 Å². The minimum absolute atomic E-state index is 0.0872. The van der Waals surface area contributed by atoms with Gasteiger partial charge in [0.15, 0.2) is 0 Å². The number of nitriles is 1. The van der Waals surface area contributed by atoms with Crippen molar-refractivity contribution in [3.63, 3.8) is 0 Å². The summed E-state index contributed by atoms with van der Waals surface area (Å²) in [4.78, 5) is 9.94. The Labute approximate surface area is 86.9 Å². The van der Waals surface area contributed by atoms with E-state index in [-0.39, 0.29) is 11.3 Å². The van der Waals surface area contributed by atoms with Gasteiger partial charge in [-0.15, -0.1) is 0 Å². The minimum Gasteiger partial charge on any atom is -0.318 e. The number of nitrogens with zero attached hydrogens (tertiary/aromatic N) is 3. The Kier molecular flexibility index (Phi) is 3.21. The summed E-state index contributed by atoms with van der Waals surface area (Å²) >= 11 is 0. The fraction of sp³-hybridized carbons (Fsp3) is 0.222. The van der Waals surface area contributed by atoms with Gasteiger partial charge in [0, 0.05) is 26.2 Å². The van der Waals surface area contributed by atoms with E-state index in [0.717, 1.165) is 0 Å². The summed E-state index contributed by atoms with van der Waals surface area (Å²) in [6, 6.07) is 6.01. The number of hydrogen-bond acceptors (Lipinski definition) is 5. The first-order chi connectivity index (χ1) is 7.04. The smallest absolute Gasteiger partial charge is 0.270 e. The molecule has 0 unspecified atom stereocenters. The van der Waals surface area contributed by atoms with Gasteiger partial charge < -0.3 is 5.43 Å². The molecular weight excluding hydrogens is 196 g/mol. The third kappa shape index (κ3) is 2.65. The van der Waals surface area contributed by atoms with E-state index in [9.17, 15) is 10.1 Å². The summed E-state index contributed by atoms with van der Waals surface area (Å²) in [7, 11) is 3.53. The molecule has 0 atom stereocenters. The monoisotopic (exact) mass is 206 g/mol. The van der Waals surface area contributed by atoms with Gasteiger partial charge in [0.2, 0.25) is 0 Å². The van der Waals surface area contributed by atoms with E-state index in [1.54, 1.807) is 19.1 Å². The van der Waals surface area contributed by atoms with Crippen LogP contribution in [-0.2, 0) is 0 Å². The van der Waals surface area contributed by atoms with Crippen LogP contribution in [0.25, 0.3) is 0 Å². The highest BCUT2D eigenvalue weighted by atomic mass is 16.6. The number of anilines is 1. The number of rotatable bonds is 3. The van der Waals surface area contributed by atoms with Crippen molar-refractivity contribution in [3.05, 3.63) is 33.9 Å². The Balaban J connectivity index is 3.11. The number of hydrazine groups is 1. The molecule has 0 spiro atoms. The van der Waals surface area contributed by atoms with Gasteiger partial charge >= 0.3 is 0 Å². The molecule has 1 rings (SSSR count). The molecular formula is C9H10N4O2. The van der Waals surface area contributed by atoms with Gasteiger partial charge in [0.05, 0.1) is 16.2 Å². The molecule has 78 valence electrons. The quantitative estimate of drug-likeness (QED) is 0.596. The van der Waals surface area contributed by atoms with Crippen molar-refractivity contribution in [2.75, 3.05) is 19.5 Å². The third-order valence-electron chi connectivity index (χ3n) is 1.68. The fourth-order valence-electron chi connectivity index (χ4n) is 1.08.